The summed E-state index contributed by atoms with van der Waals surface area (Å²) in [6, 6.07) is 7.59. The molecular formula is C14H14N2O3. The predicted molar refractivity (Wildman–Crippen MR) is 70.1 cm³/mol. The molecule has 2 N–H and O–H groups in total. The Morgan fingerprint density at radius 3 is 3.05 bits per heavy atom. The van der Waals surface area contributed by atoms with Crippen LogP contribution in [0.4, 0.5) is 5.69 Å². The summed E-state index contributed by atoms with van der Waals surface area (Å²) in [4.78, 5) is 4.05. The average Bonchev–Trinajstić information content (AvgIpc) is 2.94. The quantitative estimate of drug-likeness (QED) is 0.877. The second-order valence-corrected chi connectivity index (χ2v) is 4.20. The lowest BCUT2D eigenvalue weighted by Crippen LogP contribution is -2.04. The molecule has 1 aliphatic rings. The van der Waals surface area contributed by atoms with E-state index in [2.05, 4.69) is 10.3 Å². The zero-order valence-electron chi connectivity index (χ0n) is 10.3. The van der Waals surface area contributed by atoms with Crippen molar-refractivity contribution in [2.75, 3.05) is 12.1 Å². The van der Waals surface area contributed by atoms with E-state index in [0.29, 0.717) is 6.54 Å². The molecule has 0 saturated carbocycles. The van der Waals surface area contributed by atoms with Crippen LogP contribution in [0.5, 0.6) is 11.5 Å². The molecule has 0 radical (unpaired) electrons. The van der Waals surface area contributed by atoms with Gasteiger partial charge in [-0.1, -0.05) is 12.1 Å². The molecule has 1 aromatic heterocycles. The Kier molecular flexibility index (Phi) is 3.20. The van der Waals surface area contributed by atoms with Crippen LogP contribution in [0.2, 0.25) is 0 Å². The minimum Gasteiger partial charge on any atom is -0.454 e. The van der Waals surface area contributed by atoms with Crippen molar-refractivity contribution < 1.29 is 14.6 Å². The third-order valence-corrected chi connectivity index (χ3v) is 3.03. The Morgan fingerprint density at radius 2 is 2.16 bits per heavy atom. The number of para-hydroxylation sites is 1. The van der Waals surface area contributed by atoms with Crippen LogP contribution >= 0.6 is 0 Å². The molecule has 3 rings (SSSR count). The van der Waals surface area contributed by atoms with Crippen molar-refractivity contribution in [3.8, 4) is 11.5 Å². The number of aliphatic hydroxyl groups is 1. The molecule has 2 aromatic rings. The fourth-order valence-electron chi connectivity index (χ4n) is 2.04. The second-order valence-electron chi connectivity index (χ2n) is 4.20. The van der Waals surface area contributed by atoms with Crippen molar-refractivity contribution in [3.63, 3.8) is 0 Å². The van der Waals surface area contributed by atoms with Gasteiger partial charge in [0.15, 0.2) is 11.5 Å². The van der Waals surface area contributed by atoms with Gasteiger partial charge in [0.1, 0.15) is 0 Å². The number of hydrogen-bond donors (Lipinski definition) is 2. The Hall–Kier alpha value is -2.27. The number of nitrogens with one attached hydrogen (secondary N) is 1. The van der Waals surface area contributed by atoms with Gasteiger partial charge in [-0.2, -0.15) is 0 Å². The Balaban J connectivity index is 1.78. The Labute approximate surface area is 110 Å². The van der Waals surface area contributed by atoms with E-state index in [0.717, 1.165) is 28.3 Å². The normalized spacial score (nSPS) is 12.5. The van der Waals surface area contributed by atoms with E-state index in [1.54, 1.807) is 18.5 Å². The van der Waals surface area contributed by atoms with Crippen molar-refractivity contribution in [2.24, 2.45) is 0 Å². The summed E-state index contributed by atoms with van der Waals surface area (Å²) < 4.78 is 10.8. The van der Waals surface area contributed by atoms with Gasteiger partial charge >= 0.3 is 0 Å². The summed E-state index contributed by atoms with van der Waals surface area (Å²) >= 11 is 0. The van der Waals surface area contributed by atoms with Crippen LogP contribution in [0.1, 0.15) is 11.1 Å². The third kappa shape index (κ3) is 2.32. The monoisotopic (exact) mass is 258 g/mol. The van der Waals surface area contributed by atoms with Crippen LogP contribution in [0.15, 0.2) is 36.7 Å². The second kappa shape index (κ2) is 5.16. The molecule has 1 aliphatic heterocycles. The first-order valence-electron chi connectivity index (χ1n) is 6.03. The van der Waals surface area contributed by atoms with Gasteiger partial charge in [-0.05, 0) is 12.1 Å². The largest absolute Gasteiger partial charge is 0.454 e. The van der Waals surface area contributed by atoms with Gasteiger partial charge in [0.2, 0.25) is 6.79 Å². The molecule has 0 spiro atoms. The number of rotatable bonds is 4. The SMILES string of the molecule is OCc1ccncc1NCc1cccc2c1OCO2. The molecule has 0 bridgehead atoms. The Bertz CT molecular complexity index is 587. The van der Waals surface area contributed by atoms with Gasteiger partial charge in [0, 0.05) is 23.9 Å². The van der Waals surface area contributed by atoms with E-state index >= 15 is 0 Å². The maximum Gasteiger partial charge on any atom is 0.231 e. The number of hydrogen-bond acceptors (Lipinski definition) is 5. The zero-order valence-corrected chi connectivity index (χ0v) is 10.3. The maximum atomic E-state index is 9.26. The summed E-state index contributed by atoms with van der Waals surface area (Å²) in [5, 5.41) is 12.5. The molecule has 0 atom stereocenters. The van der Waals surface area contributed by atoms with Crippen molar-refractivity contribution in [2.45, 2.75) is 13.2 Å². The van der Waals surface area contributed by atoms with Crippen molar-refractivity contribution in [1.82, 2.24) is 4.98 Å². The molecule has 0 fully saturated rings. The first-order valence-corrected chi connectivity index (χ1v) is 6.03. The van der Waals surface area contributed by atoms with Crippen LogP contribution in [-0.4, -0.2) is 16.9 Å². The first kappa shape index (κ1) is 11.8. The van der Waals surface area contributed by atoms with Gasteiger partial charge < -0.3 is 19.9 Å². The van der Waals surface area contributed by atoms with Gasteiger partial charge in [-0.3, -0.25) is 4.98 Å². The lowest BCUT2D eigenvalue weighted by atomic mass is 10.1. The van der Waals surface area contributed by atoms with Crippen molar-refractivity contribution in [1.29, 1.82) is 0 Å². The van der Waals surface area contributed by atoms with Gasteiger partial charge in [0.05, 0.1) is 18.5 Å². The van der Waals surface area contributed by atoms with Crippen LogP contribution < -0.4 is 14.8 Å². The number of nitrogens with zero attached hydrogens (tertiary/aromatic N) is 1. The fourth-order valence-corrected chi connectivity index (χ4v) is 2.04. The van der Waals surface area contributed by atoms with Gasteiger partial charge in [-0.15, -0.1) is 0 Å². The highest BCUT2D eigenvalue weighted by Gasteiger charge is 2.16. The number of aromatic nitrogens is 1. The standard InChI is InChI=1S/C14H14N2O3/c17-8-11-4-5-15-7-12(11)16-6-10-2-1-3-13-14(10)19-9-18-13/h1-5,7,16-17H,6,8-9H2. The molecule has 98 valence electrons. The van der Waals surface area contributed by atoms with E-state index in [9.17, 15) is 5.11 Å². The van der Waals surface area contributed by atoms with Crippen molar-refractivity contribution >= 4 is 5.69 Å². The topological polar surface area (TPSA) is 63.6 Å². The molecule has 1 aromatic carbocycles. The highest BCUT2D eigenvalue weighted by molar-refractivity contribution is 5.52. The molecular weight excluding hydrogens is 244 g/mol. The van der Waals surface area contributed by atoms with E-state index < -0.39 is 0 Å². The summed E-state index contributed by atoms with van der Waals surface area (Å²) in [6.45, 7) is 0.837. The highest BCUT2D eigenvalue weighted by Crippen LogP contribution is 2.35. The van der Waals surface area contributed by atoms with Gasteiger partial charge in [0.25, 0.3) is 0 Å². The predicted octanol–water partition coefficient (Wildman–Crippen LogP) is 1.91. The van der Waals surface area contributed by atoms with Crippen LogP contribution in [0, 0.1) is 0 Å². The minimum atomic E-state index is -0.0165. The highest BCUT2D eigenvalue weighted by atomic mass is 16.7. The van der Waals surface area contributed by atoms with Crippen LogP contribution in [0.25, 0.3) is 0 Å². The number of benzene rings is 1. The lowest BCUT2D eigenvalue weighted by Gasteiger charge is -2.11. The summed E-state index contributed by atoms with van der Waals surface area (Å²) in [7, 11) is 0. The minimum absolute atomic E-state index is 0.0165. The number of fused-ring (bicyclic) bond motifs is 1. The van der Waals surface area contributed by atoms with E-state index in [1.165, 1.54) is 0 Å². The average molecular weight is 258 g/mol. The van der Waals surface area contributed by atoms with E-state index in [4.69, 9.17) is 9.47 Å². The van der Waals surface area contributed by atoms with E-state index in [1.807, 2.05) is 18.2 Å². The number of ether oxygens (including phenoxy) is 2. The molecule has 5 nitrogen and oxygen atoms in total. The smallest absolute Gasteiger partial charge is 0.231 e. The molecule has 0 amide bonds. The molecule has 0 unspecified atom stereocenters. The van der Waals surface area contributed by atoms with Crippen LogP contribution in [-0.2, 0) is 13.2 Å². The number of aliphatic hydroxyl groups excluding tert-OH is 1. The molecule has 0 saturated heterocycles. The molecule has 0 aliphatic carbocycles. The molecule has 5 heteroatoms. The fraction of sp³-hybridized carbons (Fsp3) is 0.214. The number of pyridine rings is 1. The van der Waals surface area contributed by atoms with E-state index in [-0.39, 0.29) is 13.4 Å². The first-order chi connectivity index (χ1) is 9.38. The maximum absolute atomic E-state index is 9.26. The third-order valence-electron chi connectivity index (χ3n) is 3.03. The lowest BCUT2D eigenvalue weighted by molar-refractivity contribution is 0.173. The van der Waals surface area contributed by atoms with Crippen LogP contribution in [0.3, 0.4) is 0 Å². The molecule has 2 heterocycles. The Morgan fingerprint density at radius 1 is 1.21 bits per heavy atom. The zero-order chi connectivity index (χ0) is 13.1. The number of anilines is 1. The van der Waals surface area contributed by atoms with Crippen molar-refractivity contribution in [3.05, 3.63) is 47.8 Å². The summed E-state index contributed by atoms with van der Waals surface area (Å²) in [5.41, 5.74) is 2.66. The molecule has 19 heavy (non-hydrogen) atoms. The van der Waals surface area contributed by atoms with Gasteiger partial charge in [-0.25, -0.2) is 0 Å². The summed E-state index contributed by atoms with van der Waals surface area (Å²) in [6.07, 6.45) is 3.36. The summed E-state index contributed by atoms with van der Waals surface area (Å²) in [5.74, 6) is 1.55.